The van der Waals surface area contributed by atoms with E-state index in [1.165, 1.54) is 24.3 Å². The van der Waals surface area contributed by atoms with E-state index in [-0.39, 0.29) is 11.3 Å². The number of benzene rings is 3. The zero-order valence-corrected chi connectivity index (χ0v) is 14.9. The van der Waals surface area contributed by atoms with Crippen molar-refractivity contribution in [2.24, 2.45) is 0 Å². The average Bonchev–Trinajstić information content (AvgIpc) is 2.66. The topological polar surface area (TPSA) is 119 Å². The van der Waals surface area contributed by atoms with Gasteiger partial charge in [-0.15, -0.1) is 0 Å². The molecule has 0 heterocycles. The van der Waals surface area contributed by atoms with Crippen LogP contribution in [0.2, 0.25) is 0 Å². The largest absolute Gasteiger partial charge is 0.508 e. The van der Waals surface area contributed by atoms with Gasteiger partial charge in [0.2, 0.25) is 0 Å². The van der Waals surface area contributed by atoms with Crippen LogP contribution in [0.4, 0.5) is 11.4 Å². The smallest absolute Gasteiger partial charge is 0.259 e. The van der Waals surface area contributed by atoms with E-state index < -0.39 is 23.3 Å². The Labute approximate surface area is 160 Å². The van der Waals surface area contributed by atoms with Crippen LogP contribution in [0.3, 0.4) is 0 Å². The molecule has 0 fully saturated rings. The van der Waals surface area contributed by atoms with Gasteiger partial charge >= 0.3 is 0 Å². The quantitative estimate of drug-likeness (QED) is 0.444. The zero-order valence-electron chi connectivity index (χ0n) is 14.9. The van der Waals surface area contributed by atoms with Gasteiger partial charge in [0.25, 0.3) is 11.8 Å². The number of phenolic OH excluding ortho intramolecular Hbond substituents is 3. The summed E-state index contributed by atoms with van der Waals surface area (Å²) in [6.07, 6.45) is 0. The van der Waals surface area contributed by atoms with Crippen molar-refractivity contribution in [1.82, 2.24) is 0 Å². The Balaban J connectivity index is 1.77. The molecule has 0 aromatic heterocycles. The van der Waals surface area contributed by atoms with Gasteiger partial charge in [-0.3, -0.25) is 9.59 Å². The van der Waals surface area contributed by atoms with Gasteiger partial charge in [-0.1, -0.05) is 18.2 Å². The second-order valence-corrected chi connectivity index (χ2v) is 6.11. The van der Waals surface area contributed by atoms with Gasteiger partial charge in [0.1, 0.15) is 5.75 Å². The van der Waals surface area contributed by atoms with E-state index in [1.807, 2.05) is 0 Å². The van der Waals surface area contributed by atoms with Crippen molar-refractivity contribution < 1.29 is 24.9 Å². The lowest BCUT2D eigenvalue weighted by atomic mass is 10.1. The van der Waals surface area contributed by atoms with Crippen LogP contribution in [0.25, 0.3) is 0 Å². The molecular weight excluding hydrogens is 360 g/mol. The van der Waals surface area contributed by atoms with E-state index >= 15 is 0 Å². The first-order valence-corrected chi connectivity index (χ1v) is 8.39. The maximum Gasteiger partial charge on any atom is 0.259 e. The normalized spacial score (nSPS) is 10.3. The summed E-state index contributed by atoms with van der Waals surface area (Å²) in [6, 6.07) is 15.2. The van der Waals surface area contributed by atoms with Gasteiger partial charge in [0.15, 0.2) is 11.5 Å². The number of carbonyl (C=O) groups is 2. The summed E-state index contributed by atoms with van der Waals surface area (Å²) in [5.74, 6) is -1.89. The van der Waals surface area contributed by atoms with Crippen molar-refractivity contribution in [1.29, 1.82) is 0 Å². The van der Waals surface area contributed by atoms with Crippen LogP contribution >= 0.6 is 0 Å². The fraction of sp³-hybridized carbons (Fsp3) is 0.0476. The Bertz CT molecular complexity index is 982. The molecule has 0 spiro atoms. The Kier molecular flexibility index (Phi) is 5.17. The van der Waals surface area contributed by atoms with Crippen molar-refractivity contribution in [2.75, 3.05) is 10.6 Å². The highest BCUT2D eigenvalue weighted by Gasteiger charge is 2.15. The lowest BCUT2D eigenvalue weighted by molar-refractivity contribution is 0.101. The minimum atomic E-state index is -0.610. The Hall–Kier alpha value is -4.00. The molecule has 3 rings (SSSR count). The molecule has 2 amide bonds. The van der Waals surface area contributed by atoms with Crippen molar-refractivity contribution in [3.8, 4) is 17.2 Å². The van der Waals surface area contributed by atoms with Crippen molar-refractivity contribution in [3.63, 3.8) is 0 Å². The summed E-state index contributed by atoms with van der Waals surface area (Å²) in [5.41, 5.74) is 1.54. The lowest BCUT2D eigenvalue weighted by Crippen LogP contribution is -2.15. The third-order valence-electron chi connectivity index (χ3n) is 4.19. The van der Waals surface area contributed by atoms with E-state index in [2.05, 4.69) is 10.6 Å². The van der Waals surface area contributed by atoms with Gasteiger partial charge in [0.05, 0.1) is 5.56 Å². The van der Waals surface area contributed by atoms with Crippen LogP contribution in [-0.4, -0.2) is 27.1 Å². The third kappa shape index (κ3) is 3.88. The van der Waals surface area contributed by atoms with E-state index in [4.69, 9.17) is 0 Å². The van der Waals surface area contributed by atoms with E-state index in [9.17, 15) is 24.9 Å². The number of para-hydroxylation sites is 1. The maximum absolute atomic E-state index is 12.5. The van der Waals surface area contributed by atoms with Crippen LogP contribution in [0.5, 0.6) is 17.2 Å². The highest BCUT2D eigenvalue weighted by Crippen LogP contribution is 2.29. The molecule has 0 radical (unpaired) electrons. The minimum absolute atomic E-state index is 0.0274. The molecule has 28 heavy (non-hydrogen) atoms. The van der Waals surface area contributed by atoms with Gasteiger partial charge < -0.3 is 26.0 Å². The van der Waals surface area contributed by atoms with E-state index in [0.29, 0.717) is 22.5 Å². The molecule has 0 aliphatic heterocycles. The highest BCUT2D eigenvalue weighted by atomic mass is 16.3. The Morgan fingerprint density at radius 1 is 0.714 bits per heavy atom. The molecule has 3 aromatic carbocycles. The molecule has 0 unspecified atom stereocenters. The molecular formula is C21H18N2O5. The summed E-state index contributed by atoms with van der Waals surface area (Å²) >= 11 is 0. The first kappa shape index (κ1) is 18.8. The van der Waals surface area contributed by atoms with Crippen LogP contribution in [0, 0.1) is 6.92 Å². The molecule has 0 aliphatic rings. The van der Waals surface area contributed by atoms with Crippen LogP contribution < -0.4 is 10.6 Å². The van der Waals surface area contributed by atoms with Gasteiger partial charge in [-0.25, -0.2) is 0 Å². The predicted molar refractivity (Wildman–Crippen MR) is 105 cm³/mol. The minimum Gasteiger partial charge on any atom is -0.508 e. The first-order valence-electron chi connectivity index (χ1n) is 8.39. The number of hydrogen-bond donors (Lipinski definition) is 5. The lowest BCUT2D eigenvalue weighted by Gasteiger charge is -2.11. The standard InChI is InChI=1S/C21H18N2O5/c1-12-15(7-3-9-17(12)24)20(27)22-13-5-2-6-14(11-13)23-21(28)16-8-4-10-18(25)19(16)26/h2-11,24-26H,1H3,(H,22,27)(H,23,28). The molecule has 0 aliphatic carbocycles. The fourth-order valence-electron chi connectivity index (χ4n) is 2.66. The van der Waals surface area contributed by atoms with Crippen LogP contribution in [0.1, 0.15) is 26.3 Å². The Morgan fingerprint density at radius 2 is 1.21 bits per heavy atom. The predicted octanol–water partition coefficient (Wildman–Crippen LogP) is 3.62. The molecule has 0 atom stereocenters. The van der Waals surface area contributed by atoms with Crippen molar-refractivity contribution >= 4 is 23.2 Å². The number of amides is 2. The van der Waals surface area contributed by atoms with Crippen molar-refractivity contribution in [2.45, 2.75) is 6.92 Å². The summed E-state index contributed by atoms with van der Waals surface area (Å²) < 4.78 is 0. The number of hydrogen-bond acceptors (Lipinski definition) is 5. The summed E-state index contributed by atoms with van der Waals surface area (Å²) in [5, 5.41) is 34.4. The number of aromatic hydroxyl groups is 3. The molecule has 7 heteroatoms. The number of nitrogens with one attached hydrogen (secondary N) is 2. The Morgan fingerprint density at radius 3 is 1.86 bits per heavy atom. The molecule has 142 valence electrons. The fourth-order valence-corrected chi connectivity index (χ4v) is 2.66. The molecule has 3 aromatic rings. The summed E-state index contributed by atoms with van der Waals surface area (Å²) in [4.78, 5) is 24.8. The summed E-state index contributed by atoms with van der Waals surface area (Å²) in [7, 11) is 0. The zero-order chi connectivity index (χ0) is 20.3. The molecule has 0 bridgehead atoms. The second kappa shape index (κ2) is 7.71. The number of phenols is 3. The van der Waals surface area contributed by atoms with Crippen molar-refractivity contribution in [3.05, 3.63) is 77.4 Å². The number of rotatable bonds is 4. The number of anilines is 2. The van der Waals surface area contributed by atoms with Crippen LogP contribution in [0.15, 0.2) is 60.7 Å². The van der Waals surface area contributed by atoms with E-state index in [1.54, 1.807) is 43.3 Å². The summed E-state index contributed by atoms with van der Waals surface area (Å²) in [6.45, 7) is 1.64. The second-order valence-electron chi connectivity index (χ2n) is 6.11. The average molecular weight is 378 g/mol. The molecule has 0 saturated carbocycles. The van der Waals surface area contributed by atoms with Gasteiger partial charge in [-0.2, -0.15) is 0 Å². The third-order valence-corrected chi connectivity index (χ3v) is 4.19. The number of carbonyl (C=O) groups excluding carboxylic acids is 2. The molecule has 5 N–H and O–H groups in total. The van der Waals surface area contributed by atoms with Gasteiger partial charge in [0, 0.05) is 22.5 Å². The molecule has 0 saturated heterocycles. The van der Waals surface area contributed by atoms with E-state index in [0.717, 1.165) is 0 Å². The maximum atomic E-state index is 12.5. The van der Waals surface area contributed by atoms with Gasteiger partial charge in [-0.05, 0) is 49.4 Å². The molecule has 7 nitrogen and oxygen atoms in total. The first-order chi connectivity index (χ1) is 13.4. The monoisotopic (exact) mass is 378 g/mol. The highest BCUT2D eigenvalue weighted by molar-refractivity contribution is 6.08. The van der Waals surface area contributed by atoms with Crippen LogP contribution in [-0.2, 0) is 0 Å². The SMILES string of the molecule is Cc1c(O)cccc1C(=O)Nc1cccc(NC(=O)c2cccc(O)c2O)c1.